The molecule has 1 aliphatic heterocycles. The van der Waals surface area contributed by atoms with Crippen molar-refractivity contribution in [1.82, 2.24) is 19.4 Å². The molecule has 6 nitrogen and oxygen atoms in total. The van der Waals surface area contributed by atoms with Crippen LogP contribution < -0.4 is 0 Å². The molecule has 1 atom stereocenters. The van der Waals surface area contributed by atoms with Gasteiger partial charge in [0.1, 0.15) is 0 Å². The van der Waals surface area contributed by atoms with Crippen LogP contribution in [0, 0.1) is 5.92 Å². The average Bonchev–Trinajstić information content (AvgIpc) is 3.20. The lowest BCUT2D eigenvalue weighted by Gasteiger charge is -2.34. The molecule has 0 spiro atoms. The molecule has 2 heterocycles. The third-order valence-electron chi connectivity index (χ3n) is 4.25. The number of imidazole rings is 1. The zero-order valence-corrected chi connectivity index (χ0v) is 13.1. The summed E-state index contributed by atoms with van der Waals surface area (Å²) in [4.78, 5) is 20.2. The number of carbonyl (C=O) groups is 1. The third kappa shape index (κ3) is 3.05. The molecular formula is C15H24N4O2. The van der Waals surface area contributed by atoms with Gasteiger partial charge in [0.05, 0.1) is 25.2 Å². The van der Waals surface area contributed by atoms with Gasteiger partial charge in [0.2, 0.25) is 0 Å². The van der Waals surface area contributed by atoms with Crippen molar-refractivity contribution in [3.05, 3.63) is 17.7 Å². The Bertz CT molecular complexity index is 522. The predicted octanol–water partition coefficient (Wildman–Crippen LogP) is 1.43. The molecule has 1 aromatic heterocycles. The molecule has 0 saturated heterocycles. The van der Waals surface area contributed by atoms with Gasteiger partial charge in [-0.1, -0.05) is 0 Å². The highest BCUT2D eigenvalue weighted by Gasteiger charge is 2.32. The fourth-order valence-corrected chi connectivity index (χ4v) is 2.95. The van der Waals surface area contributed by atoms with Gasteiger partial charge >= 0.3 is 6.03 Å². The number of fused-ring (bicyclic) bond motifs is 1. The monoisotopic (exact) mass is 292 g/mol. The summed E-state index contributed by atoms with van der Waals surface area (Å²) in [5, 5.41) is 0. The first-order valence-electron chi connectivity index (χ1n) is 7.60. The van der Waals surface area contributed by atoms with Crippen LogP contribution in [0.5, 0.6) is 0 Å². The molecule has 21 heavy (non-hydrogen) atoms. The quantitative estimate of drug-likeness (QED) is 0.843. The number of ether oxygens (including phenoxy) is 1. The maximum atomic E-state index is 12.2. The van der Waals surface area contributed by atoms with Gasteiger partial charge in [0, 0.05) is 45.9 Å². The van der Waals surface area contributed by atoms with Gasteiger partial charge in [-0.2, -0.15) is 0 Å². The Kier molecular flexibility index (Phi) is 3.89. The number of aromatic nitrogens is 2. The molecule has 1 unspecified atom stereocenters. The van der Waals surface area contributed by atoms with E-state index in [9.17, 15) is 4.79 Å². The summed E-state index contributed by atoms with van der Waals surface area (Å²) < 4.78 is 7.94. The van der Waals surface area contributed by atoms with Gasteiger partial charge in [-0.3, -0.25) is 0 Å². The number of rotatable bonds is 4. The molecule has 6 heteroatoms. The van der Waals surface area contributed by atoms with Crippen LogP contribution in [0.4, 0.5) is 4.79 Å². The summed E-state index contributed by atoms with van der Waals surface area (Å²) in [7, 11) is 5.59. The SMILES string of the molecule is CN(C)C(=O)N1Cc2ncn(C)c2C(COCC2CC2)C1. The van der Waals surface area contributed by atoms with Crippen LogP contribution >= 0.6 is 0 Å². The van der Waals surface area contributed by atoms with Crippen molar-refractivity contribution in [2.45, 2.75) is 25.3 Å². The molecule has 0 N–H and O–H groups in total. The third-order valence-corrected chi connectivity index (χ3v) is 4.25. The van der Waals surface area contributed by atoms with Gasteiger partial charge in [0.25, 0.3) is 0 Å². The van der Waals surface area contributed by atoms with E-state index in [0.29, 0.717) is 19.7 Å². The Labute approximate surface area is 125 Å². The summed E-state index contributed by atoms with van der Waals surface area (Å²) in [6, 6.07) is 0.0403. The minimum Gasteiger partial charge on any atom is -0.380 e. The zero-order chi connectivity index (χ0) is 15.0. The first-order valence-corrected chi connectivity index (χ1v) is 7.60. The van der Waals surface area contributed by atoms with E-state index in [1.807, 2.05) is 18.3 Å². The largest absolute Gasteiger partial charge is 0.380 e. The van der Waals surface area contributed by atoms with Crippen molar-refractivity contribution in [3.8, 4) is 0 Å². The smallest absolute Gasteiger partial charge is 0.319 e. The molecule has 116 valence electrons. The molecule has 1 aliphatic carbocycles. The predicted molar refractivity (Wildman–Crippen MR) is 79.0 cm³/mol. The molecule has 2 amide bonds. The molecule has 3 rings (SSSR count). The highest BCUT2D eigenvalue weighted by molar-refractivity contribution is 5.74. The summed E-state index contributed by atoms with van der Waals surface area (Å²) in [6.45, 7) is 2.81. The van der Waals surface area contributed by atoms with Crippen molar-refractivity contribution in [2.24, 2.45) is 13.0 Å². The topological polar surface area (TPSA) is 50.6 Å². The molecule has 1 aromatic rings. The average molecular weight is 292 g/mol. The Hall–Kier alpha value is -1.56. The summed E-state index contributed by atoms with van der Waals surface area (Å²) in [5.41, 5.74) is 2.22. The first-order chi connectivity index (χ1) is 10.1. The van der Waals surface area contributed by atoms with Crippen LogP contribution in [-0.2, 0) is 18.3 Å². The normalized spacial score (nSPS) is 21.3. The number of hydrogen-bond acceptors (Lipinski definition) is 3. The van der Waals surface area contributed by atoms with Crippen LogP contribution in [0.15, 0.2) is 6.33 Å². The van der Waals surface area contributed by atoms with Gasteiger partial charge in [-0.25, -0.2) is 9.78 Å². The standard InChI is InChI=1S/C15H24N4O2/c1-17(2)15(20)19-6-12(9-21-8-11-4-5-11)14-13(7-19)16-10-18(14)3/h10-12H,4-9H2,1-3H3. The van der Waals surface area contributed by atoms with E-state index in [1.54, 1.807) is 19.0 Å². The van der Waals surface area contributed by atoms with Crippen LogP contribution in [0.1, 0.15) is 30.1 Å². The van der Waals surface area contributed by atoms with Crippen LogP contribution in [-0.4, -0.2) is 59.2 Å². The fourth-order valence-electron chi connectivity index (χ4n) is 2.95. The fraction of sp³-hybridized carbons (Fsp3) is 0.733. The van der Waals surface area contributed by atoms with Crippen LogP contribution in [0.2, 0.25) is 0 Å². The Balaban J connectivity index is 1.72. The second-order valence-electron chi connectivity index (χ2n) is 6.42. The van der Waals surface area contributed by atoms with E-state index in [4.69, 9.17) is 4.74 Å². The van der Waals surface area contributed by atoms with Gasteiger partial charge in [-0.05, 0) is 18.8 Å². The molecular weight excluding hydrogens is 268 g/mol. The van der Waals surface area contributed by atoms with E-state index in [-0.39, 0.29) is 11.9 Å². The Morgan fingerprint density at radius 3 is 2.86 bits per heavy atom. The van der Waals surface area contributed by atoms with E-state index in [1.165, 1.54) is 18.5 Å². The number of nitrogens with zero attached hydrogens (tertiary/aromatic N) is 4. The molecule has 2 aliphatic rings. The lowest BCUT2D eigenvalue weighted by Crippen LogP contribution is -2.44. The number of amides is 2. The minimum absolute atomic E-state index is 0.0403. The lowest BCUT2D eigenvalue weighted by molar-refractivity contribution is 0.0897. The van der Waals surface area contributed by atoms with Crippen LogP contribution in [0.3, 0.4) is 0 Å². The summed E-state index contributed by atoms with van der Waals surface area (Å²) in [6.07, 6.45) is 4.43. The Morgan fingerprint density at radius 1 is 1.43 bits per heavy atom. The number of hydrogen-bond donors (Lipinski definition) is 0. The van der Waals surface area contributed by atoms with Gasteiger partial charge in [-0.15, -0.1) is 0 Å². The summed E-state index contributed by atoms with van der Waals surface area (Å²) >= 11 is 0. The van der Waals surface area contributed by atoms with Crippen LogP contribution in [0.25, 0.3) is 0 Å². The first kappa shape index (κ1) is 14.4. The van der Waals surface area contributed by atoms with E-state index in [0.717, 1.165) is 18.2 Å². The highest BCUT2D eigenvalue weighted by Crippen LogP contribution is 2.31. The minimum atomic E-state index is 0.0403. The van der Waals surface area contributed by atoms with E-state index in [2.05, 4.69) is 9.55 Å². The molecule has 0 bridgehead atoms. The van der Waals surface area contributed by atoms with Crippen molar-refractivity contribution in [2.75, 3.05) is 33.9 Å². The maximum Gasteiger partial charge on any atom is 0.319 e. The van der Waals surface area contributed by atoms with E-state index >= 15 is 0 Å². The highest BCUT2D eigenvalue weighted by atomic mass is 16.5. The molecule has 1 fully saturated rings. The molecule has 1 saturated carbocycles. The number of aryl methyl sites for hydroxylation is 1. The van der Waals surface area contributed by atoms with Gasteiger partial charge in [0.15, 0.2) is 0 Å². The zero-order valence-electron chi connectivity index (χ0n) is 13.1. The van der Waals surface area contributed by atoms with Gasteiger partial charge < -0.3 is 19.1 Å². The van der Waals surface area contributed by atoms with Crippen molar-refractivity contribution >= 4 is 6.03 Å². The molecule has 0 radical (unpaired) electrons. The van der Waals surface area contributed by atoms with Crippen molar-refractivity contribution in [1.29, 1.82) is 0 Å². The number of urea groups is 1. The lowest BCUT2D eigenvalue weighted by atomic mass is 9.99. The Morgan fingerprint density at radius 2 is 2.19 bits per heavy atom. The second-order valence-corrected chi connectivity index (χ2v) is 6.42. The van der Waals surface area contributed by atoms with Crippen molar-refractivity contribution in [3.63, 3.8) is 0 Å². The molecule has 0 aromatic carbocycles. The summed E-state index contributed by atoms with van der Waals surface area (Å²) in [5.74, 6) is 0.975. The van der Waals surface area contributed by atoms with Crippen molar-refractivity contribution < 1.29 is 9.53 Å². The number of carbonyl (C=O) groups excluding carboxylic acids is 1. The maximum absolute atomic E-state index is 12.2. The van der Waals surface area contributed by atoms with E-state index < -0.39 is 0 Å². The second kappa shape index (κ2) is 5.67.